The van der Waals surface area contributed by atoms with Crippen molar-refractivity contribution in [2.75, 3.05) is 0 Å². The van der Waals surface area contributed by atoms with Crippen LogP contribution in [0.1, 0.15) is 0 Å². The molecule has 1 nitrogen and oxygen atoms in total. The van der Waals surface area contributed by atoms with Gasteiger partial charge in [0.2, 0.25) is 0 Å². The molecule has 0 aromatic rings. The topological polar surface area (TPSA) is 17.1 Å². The number of hydrogen-bond donors (Lipinski definition) is 0. The summed E-state index contributed by atoms with van der Waals surface area (Å²) < 4.78 is 7.88. The van der Waals surface area contributed by atoms with Crippen molar-refractivity contribution in [3.05, 3.63) is 0 Å². The van der Waals surface area contributed by atoms with Crippen LogP contribution in [0, 0.1) is 0 Å². The number of rotatable bonds is 0. The first-order valence-corrected chi connectivity index (χ1v) is 0.532. The first-order chi connectivity index (χ1) is 1.00. The summed E-state index contributed by atoms with van der Waals surface area (Å²) in [6, 6.07) is 0. The molecular formula is CoCuNiO. The summed E-state index contributed by atoms with van der Waals surface area (Å²) >= 11 is 2.62. The first kappa shape index (κ1) is 18.4. The fourth-order valence-corrected chi connectivity index (χ4v) is 0. The standard InChI is InChI=1S/Co.Cu.Ni.O. The normalized spacial score (nSPS) is 1.50. The summed E-state index contributed by atoms with van der Waals surface area (Å²) in [6.07, 6.45) is 0. The van der Waals surface area contributed by atoms with Crippen molar-refractivity contribution in [2.45, 2.75) is 0 Å². The molecule has 0 amide bonds. The third kappa shape index (κ3) is 10.3. The van der Waals surface area contributed by atoms with Crippen LogP contribution in [-0.2, 0) is 53.1 Å². The van der Waals surface area contributed by atoms with Gasteiger partial charge < -0.3 is 0 Å². The van der Waals surface area contributed by atoms with E-state index < -0.39 is 0 Å². The molecule has 4 heteroatoms. The molecule has 0 bridgehead atoms. The van der Waals surface area contributed by atoms with Crippen LogP contribution in [0.2, 0.25) is 0 Å². The Bertz CT molecular complexity index is 8.00. The van der Waals surface area contributed by atoms with Gasteiger partial charge in [0.15, 0.2) is 0 Å². The van der Waals surface area contributed by atoms with Gasteiger partial charge in [0.05, 0.1) is 0 Å². The van der Waals surface area contributed by atoms with Crippen molar-refractivity contribution in [1.82, 2.24) is 0 Å². The minimum atomic E-state index is 0. The molecule has 0 heterocycles. The fraction of sp³-hybridized carbons (Fsp3) is 0. The Morgan fingerprint density at radius 3 is 1.25 bits per heavy atom. The molecule has 0 rings (SSSR count). The van der Waals surface area contributed by atoms with Crippen molar-refractivity contribution >= 4 is 0 Å². The van der Waals surface area contributed by atoms with Gasteiger partial charge in [0.1, 0.15) is 0 Å². The first-order valence-electron chi connectivity index (χ1n) is 0.129. The number of hydrogen-bond acceptors (Lipinski definition) is 1. The zero-order valence-electron chi connectivity index (χ0n) is 1.36. The summed E-state index contributed by atoms with van der Waals surface area (Å²) in [5.41, 5.74) is 0. The second kappa shape index (κ2) is 27.3. The van der Waals surface area contributed by atoms with E-state index in [2.05, 4.69) is 15.4 Å². The van der Waals surface area contributed by atoms with Gasteiger partial charge in [-0.3, -0.25) is 0 Å². The van der Waals surface area contributed by atoms with E-state index in [4.69, 9.17) is 3.90 Å². The average Bonchev–Trinajstić information content (AvgIpc) is 1.00. The van der Waals surface area contributed by atoms with E-state index in [0.717, 1.165) is 0 Å². The van der Waals surface area contributed by atoms with Crippen molar-refractivity contribution in [3.8, 4) is 0 Å². The molecule has 0 saturated heterocycles. The summed E-state index contributed by atoms with van der Waals surface area (Å²) in [6.45, 7) is 0. The summed E-state index contributed by atoms with van der Waals surface area (Å²) in [4.78, 5) is 0. The quantitative estimate of drug-likeness (QED) is 0.494. The van der Waals surface area contributed by atoms with Crippen LogP contribution in [0.15, 0.2) is 0 Å². The molecule has 4 heavy (non-hydrogen) atoms. The molecule has 0 fully saturated rings. The molecule has 0 saturated carbocycles. The van der Waals surface area contributed by atoms with E-state index in [1.54, 1.807) is 0 Å². The van der Waals surface area contributed by atoms with Crippen LogP contribution in [0.25, 0.3) is 0 Å². The summed E-state index contributed by atoms with van der Waals surface area (Å²) in [7, 11) is 0. The van der Waals surface area contributed by atoms with Crippen molar-refractivity contribution in [3.63, 3.8) is 0 Å². The molecule has 0 aromatic carbocycles. The van der Waals surface area contributed by atoms with Crippen molar-refractivity contribution < 1.29 is 53.1 Å². The van der Waals surface area contributed by atoms with Crippen LogP contribution in [-0.4, -0.2) is 0 Å². The van der Waals surface area contributed by atoms with E-state index in [9.17, 15) is 0 Å². The van der Waals surface area contributed by atoms with Gasteiger partial charge in [-0.25, -0.2) is 0 Å². The van der Waals surface area contributed by atoms with Gasteiger partial charge in [0.25, 0.3) is 0 Å². The van der Waals surface area contributed by atoms with Crippen molar-refractivity contribution in [1.29, 1.82) is 0 Å². The van der Waals surface area contributed by atoms with Crippen LogP contribution in [0.4, 0.5) is 0 Å². The molecule has 2 radical (unpaired) electrons. The molecule has 0 unspecified atom stereocenters. The van der Waals surface area contributed by atoms with Gasteiger partial charge in [-0.2, -0.15) is 0 Å². The molecule has 0 aliphatic carbocycles. The van der Waals surface area contributed by atoms with Crippen LogP contribution in [0.3, 0.4) is 0 Å². The molecule has 0 aliphatic rings. The zero-order valence-corrected chi connectivity index (χ0v) is 4.33. The Hall–Kier alpha value is 1.32. The Kier molecular flexibility index (Phi) is 126. The third-order valence-corrected chi connectivity index (χ3v) is 0. The van der Waals surface area contributed by atoms with Gasteiger partial charge in [-0.05, 0) is 0 Å². The van der Waals surface area contributed by atoms with Gasteiger partial charge in [0, 0.05) is 33.8 Å². The Morgan fingerprint density at radius 1 is 1.25 bits per heavy atom. The van der Waals surface area contributed by atoms with Crippen LogP contribution < -0.4 is 0 Å². The van der Waals surface area contributed by atoms with Crippen LogP contribution in [0.5, 0.6) is 0 Å². The van der Waals surface area contributed by atoms with E-state index >= 15 is 0 Å². The molecule has 0 aliphatic heterocycles. The van der Waals surface area contributed by atoms with E-state index in [1.807, 2.05) is 0 Å². The molecule has 36 valence electrons. The monoisotopic (exact) mass is 196 g/mol. The molecule has 0 atom stereocenters. The van der Waals surface area contributed by atoms with E-state index in [-0.39, 0.29) is 33.8 Å². The average molecular weight is 197 g/mol. The van der Waals surface area contributed by atoms with Crippen LogP contribution >= 0.6 is 0 Å². The van der Waals surface area contributed by atoms with Crippen molar-refractivity contribution in [2.24, 2.45) is 0 Å². The predicted molar refractivity (Wildman–Crippen MR) is 0.686 cm³/mol. The van der Waals surface area contributed by atoms with E-state index in [0.29, 0.717) is 0 Å². The molecular weight excluding hydrogens is 197 g/mol. The molecule has 0 aromatic heterocycles. The third-order valence-electron chi connectivity index (χ3n) is 0. The summed E-state index contributed by atoms with van der Waals surface area (Å²) in [5.74, 6) is 0. The minimum absolute atomic E-state index is 0. The molecule has 0 N–H and O–H groups in total. The SMILES string of the molecule is [Co].[Cu].[O]=[Ni]. The Labute approximate surface area is 53.1 Å². The maximum atomic E-state index is 7.88. The predicted octanol–water partition coefficient (Wildman–Crippen LogP) is -0.126. The van der Waals surface area contributed by atoms with Gasteiger partial charge in [-0.1, -0.05) is 0 Å². The zero-order chi connectivity index (χ0) is 2.00. The maximum absolute atomic E-state index is 7.88. The van der Waals surface area contributed by atoms with Gasteiger partial charge >= 0.3 is 19.3 Å². The second-order valence-corrected chi connectivity index (χ2v) is 0. The van der Waals surface area contributed by atoms with Gasteiger partial charge in [-0.15, -0.1) is 0 Å². The fourth-order valence-electron chi connectivity index (χ4n) is 0. The Balaban J connectivity index is -0.00000000500. The van der Waals surface area contributed by atoms with E-state index in [1.165, 1.54) is 0 Å². The Morgan fingerprint density at radius 2 is 1.25 bits per heavy atom. The second-order valence-electron chi connectivity index (χ2n) is 0. The summed E-state index contributed by atoms with van der Waals surface area (Å²) in [5, 5.41) is 0. The molecule has 0 spiro atoms.